The molecule has 0 radical (unpaired) electrons. The van der Waals surface area contributed by atoms with E-state index in [0.717, 1.165) is 49.9 Å². The number of aryl methyl sites for hydroxylation is 1. The van der Waals surface area contributed by atoms with Crippen molar-refractivity contribution in [3.05, 3.63) is 11.9 Å². The second kappa shape index (κ2) is 8.04. The molecule has 0 unspecified atom stereocenters. The van der Waals surface area contributed by atoms with Crippen molar-refractivity contribution >= 4 is 11.6 Å². The Kier molecular flexibility index (Phi) is 6.05. The third kappa shape index (κ3) is 4.63. The fourth-order valence-electron chi connectivity index (χ4n) is 2.44. The van der Waals surface area contributed by atoms with Crippen molar-refractivity contribution in [3.63, 3.8) is 0 Å². The minimum Gasteiger partial charge on any atom is -0.370 e. The van der Waals surface area contributed by atoms with Crippen LogP contribution in [0.15, 0.2) is 6.07 Å². The zero-order chi connectivity index (χ0) is 14.2. The fraction of sp³-hybridized carbons (Fsp3) is 0.733. The predicted molar refractivity (Wildman–Crippen MR) is 84.4 cm³/mol. The largest absolute Gasteiger partial charge is 0.370 e. The van der Waals surface area contributed by atoms with Gasteiger partial charge in [-0.15, -0.1) is 0 Å². The molecule has 1 fully saturated rings. The van der Waals surface area contributed by atoms with Crippen LogP contribution in [0, 0.1) is 0 Å². The van der Waals surface area contributed by atoms with E-state index in [4.69, 9.17) is 0 Å². The van der Waals surface area contributed by atoms with Crippen LogP contribution in [-0.4, -0.2) is 47.6 Å². The van der Waals surface area contributed by atoms with Crippen LogP contribution in [0.5, 0.6) is 0 Å². The lowest BCUT2D eigenvalue weighted by Crippen LogP contribution is -2.26. The van der Waals surface area contributed by atoms with Crippen LogP contribution in [0.1, 0.15) is 38.9 Å². The van der Waals surface area contributed by atoms with E-state index in [1.165, 1.54) is 25.9 Å². The SMILES string of the molecule is CCCNc1cc(NCCN2CCCC2)nc(CC)n1. The van der Waals surface area contributed by atoms with Gasteiger partial charge in [-0.1, -0.05) is 13.8 Å². The number of hydrogen-bond donors (Lipinski definition) is 2. The first-order valence-electron chi connectivity index (χ1n) is 7.90. The number of nitrogens with zero attached hydrogens (tertiary/aromatic N) is 3. The quantitative estimate of drug-likeness (QED) is 0.764. The van der Waals surface area contributed by atoms with Crippen molar-refractivity contribution < 1.29 is 0 Å². The van der Waals surface area contributed by atoms with Crippen molar-refractivity contribution in [2.75, 3.05) is 43.4 Å². The van der Waals surface area contributed by atoms with Gasteiger partial charge < -0.3 is 15.5 Å². The first-order chi connectivity index (χ1) is 9.81. The maximum absolute atomic E-state index is 4.54. The second-order valence-electron chi connectivity index (χ2n) is 5.31. The Morgan fingerprint density at radius 3 is 2.30 bits per heavy atom. The third-order valence-corrected chi connectivity index (χ3v) is 3.58. The number of nitrogens with one attached hydrogen (secondary N) is 2. The minimum absolute atomic E-state index is 0.864. The molecular weight excluding hydrogens is 250 g/mol. The lowest BCUT2D eigenvalue weighted by Gasteiger charge is -2.15. The van der Waals surface area contributed by atoms with Crippen LogP contribution in [0.4, 0.5) is 11.6 Å². The number of likely N-dealkylation sites (tertiary alicyclic amines) is 1. The van der Waals surface area contributed by atoms with Crippen LogP contribution < -0.4 is 10.6 Å². The van der Waals surface area contributed by atoms with Crippen LogP contribution >= 0.6 is 0 Å². The van der Waals surface area contributed by atoms with Gasteiger partial charge in [0.1, 0.15) is 17.5 Å². The molecule has 0 aliphatic carbocycles. The molecule has 2 N–H and O–H groups in total. The first-order valence-corrected chi connectivity index (χ1v) is 7.90. The Morgan fingerprint density at radius 1 is 1.05 bits per heavy atom. The van der Waals surface area contributed by atoms with E-state index in [2.05, 4.69) is 39.3 Å². The average molecular weight is 277 g/mol. The number of hydrogen-bond acceptors (Lipinski definition) is 5. The van der Waals surface area contributed by atoms with E-state index in [1.54, 1.807) is 0 Å². The predicted octanol–water partition coefficient (Wildman–Crippen LogP) is 2.37. The van der Waals surface area contributed by atoms with Gasteiger partial charge in [-0.25, -0.2) is 9.97 Å². The molecule has 1 aliphatic rings. The van der Waals surface area contributed by atoms with Gasteiger partial charge >= 0.3 is 0 Å². The Morgan fingerprint density at radius 2 is 1.70 bits per heavy atom. The van der Waals surface area contributed by atoms with Crippen LogP contribution in [0.2, 0.25) is 0 Å². The molecule has 0 amide bonds. The van der Waals surface area contributed by atoms with Crippen LogP contribution in [0.3, 0.4) is 0 Å². The Bertz CT molecular complexity index is 401. The van der Waals surface area contributed by atoms with E-state index < -0.39 is 0 Å². The smallest absolute Gasteiger partial charge is 0.132 e. The summed E-state index contributed by atoms with van der Waals surface area (Å²) in [6.07, 6.45) is 4.66. The molecule has 5 heteroatoms. The van der Waals surface area contributed by atoms with Crippen molar-refractivity contribution in [2.24, 2.45) is 0 Å². The average Bonchev–Trinajstić information content (AvgIpc) is 2.98. The number of rotatable bonds is 8. The van der Waals surface area contributed by atoms with E-state index in [9.17, 15) is 0 Å². The van der Waals surface area contributed by atoms with Crippen molar-refractivity contribution in [3.8, 4) is 0 Å². The van der Waals surface area contributed by atoms with Crippen molar-refractivity contribution in [1.82, 2.24) is 14.9 Å². The molecule has 0 atom stereocenters. The van der Waals surface area contributed by atoms with Gasteiger partial charge in [-0.3, -0.25) is 0 Å². The molecule has 1 aliphatic heterocycles. The summed E-state index contributed by atoms with van der Waals surface area (Å²) in [5, 5.41) is 6.77. The summed E-state index contributed by atoms with van der Waals surface area (Å²) in [4.78, 5) is 11.6. The Labute approximate surface area is 122 Å². The Balaban J connectivity index is 1.87. The molecule has 0 aromatic carbocycles. The highest BCUT2D eigenvalue weighted by Crippen LogP contribution is 2.12. The molecule has 1 aromatic rings. The summed E-state index contributed by atoms with van der Waals surface area (Å²) in [6, 6.07) is 2.01. The van der Waals surface area contributed by atoms with Gasteiger partial charge in [-0.05, 0) is 32.4 Å². The molecule has 0 saturated carbocycles. The van der Waals surface area contributed by atoms with E-state index in [0.29, 0.717) is 0 Å². The molecule has 2 heterocycles. The molecule has 1 aromatic heterocycles. The maximum Gasteiger partial charge on any atom is 0.132 e. The lowest BCUT2D eigenvalue weighted by atomic mass is 10.4. The lowest BCUT2D eigenvalue weighted by molar-refractivity contribution is 0.352. The van der Waals surface area contributed by atoms with Crippen molar-refractivity contribution in [2.45, 2.75) is 39.5 Å². The van der Waals surface area contributed by atoms with E-state index >= 15 is 0 Å². The molecule has 0 bridgehead atoms. The van der Waals surface area contributed by atoms with Gasteiger partial charge in [0.2, 0.25) is 0 Å². The highest BCUT2D eigenvalue weighted by atomic mass is 15.2. The van der Waals surface area contributed by atoms with Gasteiger partial charge in [-0.2, -0.15) is 0 Å². The Hall–Kier alpha value is -1.36. The monoisotopic (exact) mass is 277 g/mol. The zero-order valence-corrected chi connectivity index (χ0v) is 12.8. The third-order valence-electron chi connectivity index (χ3n) is 3.58. The van der Waals surface area contributed by atoms with E-state index in [-0.39, 0.29) is 0 Å². The summed E-state index contributed by atoms with van der Waals surface area (Å²) in [5.41, 5.74) is 0. The standard InChI is InChI=1S/C15H27N5/c1-3-7-16-14-12-15(19-13(4-2)18-14)17-8-11-20-9-5-6-10-20/h12H,3-11H2,1-2H3,(H2,16,17,18,19). The summed E-state index contributed by atoms with van der Waals surface area (Å²) in [5.74, 6) is 2.77. The normalized spacial score (nSPS) is 15.5. The van der Waals surface area contributed by atoms with Crippen molar-refractivity contribution in [1.29, 1.82) is 0 Å². The topological polar surface area (TPSA) is 53.1 Å². The highest BCUT2D eigenvalue weighted by molar-refractivity contribution is 5.47. The summed E-state index contributed by atoms with van der Waals surface area (Å²) >= 11 is 0. The summed E-state index contributed by atoms with van der Waals surface area (Å²) in [7, 11) is 0. The molecule has 20 heavy (non-hydrogen) atoms. The van der Waals surface area contributed by atoms with Gasteiger partial charge in [0.15, 0.2) is 0 Å². The number of aromatic nitrogens is 2. The zero-order valence-electron chi connectivity index (χ0n) is 12.8. The highest BCUT2D eigenvalue weighted by Gasteiger charge is 2.10. The number of anilines is 2. The fourth-order valence-corrected chi connectivity index (χ4v) is 2.44. The van der Waals surface area contributed by atoms with Gasteiger partial charge in [0.05, 0.1) is 0 Å². The minimum atomic E-state index is 0.864. The molecule has 0 spiro atoms. The molecular formula is C15H27N5. The summed E-state index contributed by atoms with van der Waals surface area (Å²) in [6.45, 7) is 9.74. The molecule has 5 nitrogen and oxygen atoms in total. The first kappa shape index (κ1) is 15.0. The van der Waals surface area contributed by atoms with E-state index in [1.807, 2.05) is 6.07 Å². The molecule has 1 saturated heterocycles. The molecule has 2 rings (SSSR count). The van der Waals surface area contributed by atoms with Crippen LogP contribution in [0.25, 0.3) is 0 Å². The summed E-state index contributed by atoms with van der Waals surface area (Å²) < 4.78 is 0. The molecule has 112 valence electrons. The van der Waals surface area contributed by atoms with Gasteiger partial charge in [0.25, 0.3) is 0 Å². The van der Waals surface area contributed by atoms with Gasteiger partial charge in [0, 0.05) is 32.1 Å². The maximum atomic E-state index is 4.54. The van der Waals surface area contributed by atoms with Crippen LogP contribution in [-0.2, 0) is 6.42 Å². The second-order valence-corrected chi connectivity index (χ2v) is 5.31.